The molecule has 1 heterocycles. The van der Waals surface area contributed by atoms with Crippen molar-refractivity contribution in [1.29, 1.82) is 0 Å². The minimum Gasteiger partial charge on any atom is -0.480 e. The van der Waals surface area contributed by atoms with Gasteiger partial charge in [-0.3, -0.25) is 0 Å². The number of fused-ring (bicyclic) bond motifs is 3. The van der Waals surface area contributed by atoms with Crippen LogP contribution in [0.4, 0.5) is 4.79 Å². The molecule has 0 radical (unpaired) electrons. The summed E-state index contributed by atoms with van der Waals surface area (Å²) in [5.41, 5.74) is 6.85. The monoisotopic (exact) mass is 532 g/mol. The highest BCUT2D eigenvalue weighted by molar-refractivity contribution is 7.15. The van der Waals surface area contributed by atoms with E-state index in [9.17, 15) is 14.7 Å². The molecule has 1 aliphatic rings. The quantitative estimate of drug-likeness (QED) is 0.279. The van der Waals surface area contributed by atoms with E-state index < -0.39 is 18.1 Å². The van der Waals surface area contributed by atoms with Gasteiger partial charge in [0.2, 0.25) is 0 Å². The number of alkyl carbamates (subject to hydrolysis) is 1. The van der Waals surface area contributed by atoms with E-state index in [0.29, 0.717) is 10.6 Å². The molecular weight excluding hydrogens is 508 g/mol. The molecular formula is C29H25ClN2O4S. The molecule has 1 aromatic heterocycles. The standard InChI is InChI=1S/C29H25ClN2O4S/c1-16-27(37-17(2)31-16)20-12-11-19(30)13-18(20)14-26(28(33)34)32-29(35)36-15-25-23-9-5-3-7-21(23)22-8-4-6-10-24(22)25/h3-13,25-26H,14-15H2,1-2H3,(H,32,35)(H,33,34)/t26-/m0/s1. The zero-order valence-corrected chi connectivity index (χ0v) is 21.9. The van der Waals surface area contributed by atoms with Crippen molar-refractivity contribution in [3.8, 4) is 21.6 Å². The van der Waals surface area contributed by atoms with E-state index in [4.69, 9.17) is 16.3 Å². The number of aliphatic carboxylic acids is 1. The number of nitrogens with one attached hydrogen (secondary N) is 1. The van der Waals surface area contributed by atoms with Crippen molar-refractivity contribution in [3.63, 3.8) is 0 Å². The molecule has 0 fully saturated rings. The van der Waals surface area contributed by atoms with Crippen LogP contribution in [0.25, 0.3) is 21.6 Å². The van der Waals surface area contributed by atoms with Gasteiger partial charge in [0.25, 0.3) is 0 Å². The number of nitrogens with zero attached hydrogens (tertiary/aromatic N) is 1. The van der Waals surface area contributed by atoms with Gasteiger partial charge in [0.05, 0.1) is 15.6 Å². The lowest BCUT2D eigenvalue weighted by Crippen LogP contribution is -2.43. The third-order valence-corrected chi connectivity index (χ3v) is 7.91. The van der Waals surface area contributed by atoms with Gasteiger partial charge in [0.1, 0.15) is 12.6 Å². The highest BCUT2D eigenvalue weighted by Gasteiger charge is 2.30. The van der Waals surface area contributed by atoms with Crippen LogP contribution in [0.5, 0.6) is 0 Å². The van der Waals surface area contributed by atoms with Gasteiger partial charge in [-0.05, 0) is 59.4 Å². The van der Waals surface area contributed by atoms with Gasteiger partial charge in [-0.25, -0.2) is 14.6 Å². The second-order valence-corrected chi connectivity index (χ2v) is 10.7. The van der Waals surface area contributed by atoms with Crippen molar-refractivity contribution in [2.45, 2.75) is 32.2 Å². The molecule has 0 saturated carbocycles. The van der Waals surface area contributed by atoms with Crippen LogP contribution in [0, 0.1) is 13.8 Å². The van der Waals surface area contributed by atoms with Crippen molar-refractivity contribution in [1.82, 2.24) is 10.3 Å². The topological polar surface area (TPSA) is 88.5 Å². The van der Waals surface area contributed by atoms with Crippen LogP contribution >= 0.6 is 22.9 Å². The Hall–Kier alpha value is -3.68. The maximum atomic E-state index is 12.8. The number of rotatable bonds is 7. The van der Waals surface area contributed by atoms with E-state index in [1.54, 1.807) is 12.1 Å². The largest absolute Gasteiger partial charge is 0.480 e. The van der Waals surface area contributed by atoms with Crippen molar-refractivity contribution >= 4 is 35.0 Å². The second kappa shape index (κ2) is 10.4. The maximum absolute atomic E-state index is 12.8. The molecule has 5 rings (SSSR count). The number of aromatic nitrogens is 1. The van der Waals surface area contributed by atoms with Gasteiger partial charge < -0.3 is 15.2 Å². The first-order valence-electron chi connectivity index (χ1n) is 11.9. The Bertz CT molecular complexity index is 1450. The summed E-state index contributed by atoms with van der Waals surface area (Å²) in [6, 6.07) is 20.3. The Balaban J connectivity index is 1.32. The summed E-state index contributed by atoms with van der Waals surface area (Å²) < 4.78 is 5.57. The molecule has 4 aromatic rings. The van der Waals surface area contributed by atoms with E-state index in [-0.39, 0.29) is 18.9 Å². The molecule has 37 heavy (non-hydrogen) atoms. The van der Waals surface area contributed by atoms with Gasteiger partial charge >= 0.3 is 12.1 Å². The average molecular weight is 533 g/mol. The Labute approximate surface area is 223 Å². The predicted octanol–water partition coefficient (Wildman–Crippen LogP) is 6.61. The summed E-state index contributed by atoms with van der Waals surface area (Å²) in [5, 5.41) is 13.8. The van der Waals surface area contributed by atoms with E-state index in [2.05, 4.69) is 22.4 Å². The lowest BCUT2D eigenvalue weighted by Gasteiger charge is -2.19. The molecule has 0 saturated heterocycles. The molecule has 0 unspecified atom stereocenters. The van der Waals surface area contributed by atoms with E-state index in [0.717, 1.165) is 43.4 Å². The van der Waals surface area contributed by atoms with E-state index in [1.807, 2.05) is 56.3 Å². The van der Waals surface area contributed by atoms with Crippen molar-refractivity contribution < 1.29 is 19.4 Å². The number of aryl methyl sites for hydroxylation is 2. The zero-order chi connectivity index (χ0) is 26.1. The average Bonchev–Trinajstić information content (AvgIpc) is 3.38. The van der Waals surface area contributed by atoms with Crippen LogP contribution in [-0.4, -0.2) is 34.8 Å². The lowest BCUT2D eigenvalue weighted by atomic mass is 9.98. The third kappa shape index (κ3) is 5.10. The molecule has 1 aliphatic carbocycles. The summed E-state index contributed by atoms with van der Waals surface area (Å²) in [5.74, 6) is -1.27. The lowest BCUT2D eigenvalue weighted by molar-refractivity contribution is -0.139. The first-order valence-corrected chi connectivity index (χ1v) is 13.1. The Kier molecular flexibility index (Phi) is 7.00. The smallest absolute Gasteiger partial charge is 0.407 e. The fraction of sp³-hybridized carbons (Fsp3) is 0.207. The Morgan fingerprint density at radius 1 is 1.03 bits per heavy atom. The Morgan fingerprint density at radius 3 is 2.27 bits per heavy atom. The fourth-order valence-electron chi connectivity index (χ4n) is 4.94. The number of carboxylic acids is 1. The fourth-order valence-corrected chi connectivity index (χ4v) is 6.11. The summed E-state index contributed by atoms with van der Waals surface area (Å²) in [6.07, 6.45) is -0.728. The second-order valence-electron chi connectivity index (χ2n) is 9.01. The van der Waals surface area contributed by atoms with Crippen LogP contribution in [0.1, 0.15) is 33.3 Å². The van der Waals surface area contributed by atoms with Crippen LogP contribution in [-0.2, 0) is 16.0 Å². The van der Waals surface area contributed by atoms with E-state index >= 15 is 0 Å². The highest BCUT2D eigenvalue weighted by Crippen LogP contribution is 2.44. The summed E-state index contributed by atoms with van der Waals surface area (Å²) in [7, 11) is 0. The van der Waals surface area contributed by atoms with Crippen LogP contribution in [0.2, 0.25) is 5.02 Å². The molecule has 1 atom stereocenters. The molecule has 2 N–H and O–H groups in total. The maximum Gasteiger partial charge on any atom is 0.407 e. The predicted molar refractivity (Wildman–Crippen MR) is 145 cm³/mol. The number of benzene rings is 3. The Morgan fingerprint density at radius 2 is 1.68 bits per heavy atom. The summed E-state index contributed by atoms with van der Waals surface area (Å²) >= 11 is 7.79. The molecule has 188 valence electrons. The van der Waals surface area contributed by atoms with Gasteiger partial charge in [-0.2, -0.15) is 0 Å². The van der Waals surface area contributed by atoms with Crippen molar-refractivity contribution in [3.05, 3.63) is 99.1 Å². The minimum atomic E-state index is -1.19. The molecule has 1 amide bonds. The SMILES string of the molecule is Cc1nc(C)c(-c2ccc(Cl)cc2C[C@H](NC(=O)OCC2c3ccccc3-c3ccccc32)C(=O)O)s1. The first kappa shape index (κ1) is 25.0. The number of carbonyl (C=O) groups is 2. The molecule has 0 spiro atoms. The number of hydrogen-bond donors (Lipinski definition) is 2. The highest BCUT2D eigenvalue weighted by atomic mass is 35.5. The first-order chi connectivity index (χ1) is 17.8. The molecule has 0 aliphatic heterocycles. The van der Waals surface area contributed by atoms with E-state index in [1.165, 1.54) is 11.3 Å². The minimum absolute atomic E-state index is 0.0474. The number of hydrogen-bond acceptors (Lipinski definition) is 5. The molecule has 0 bridgehead atoms. The third-order valence-electron chi connectivity index (χ3n) is 6.57. The molecule has 8 heteroatoms. The number of carbonyl (C=O) groups excluding carboxylic acids is 1. The van der Waals surface area contributed by atoms with Crippen LogP contribution in [0.15, 0.2) is 66.7 Å². The number of ether oxygens (including phenoxy) is 1. The van der Waals surface area contributed by atoms with Crippen molar-refractivity contribution in [2.75, 3.05) is 6.61 Å². The van der Waals surface area contributed by atoms with Gasteiger partial charge in [-0.15, -0.1) is 11.3 Å². The number of amides is 1. The number of carboxylic acid groups (broad SMARTS) is 1. The summed E-state index contributed by atoms with van der Waals surface area (Å²) in [4.78, 5) is 30.3. The normalized spacial score (nSPS) is 13.1. The number of halogens is 1. The number of thiazole rings is 1. The molecule has 6 nitrogen and oxygen atoms in total. The molecule has 3 aromatic carbocycles. The van der Waals surface area contributed by atoms with Gasteiger partial charge in [-0.1, -0.05) is 66.2 Å². The van der Waals surface area contributed by atoms with Gasteiger partial charge in [0.15, 0.2) is 0 Å². The van der Waals surface area contributed by atoms with Crippen LogP contribution < -0.4 is 5.32 Å². The van der Waals surface area contributed by atoms with Crippen LogP contribution in [0.3, 0.4) is 0 Å². The zero-order valence-electron chi connectivity index (χ0n) is 20.3. The van der Waals surface area contributed by atoms with Gasteiger partial charge in [0, 0.05) is 17.4 Å². The summed E-state index contributed by atoms with van der Waals surface area (Å²) in [6.45, 7) is 3.95. The van der Waals surface area contributed by atoms with Crippen molar-refractivity contribution in [2.24, 2.45) is 0 Å².